The van der Waals surface area contributed by atoms with Crippen molar-refractivity contribution in [1.82, 2.24) is 0 Å². The minimum atomic E-state index is -1.07. The Kier molecular flexibility index (Phi) is 3.77. The Morgan fingerprint density at radius 2 is 1.81 bits per heavy atom. The van der Waals surface area contributed by atoms with E-state index in [-0.39, 0.29) is 17.2 Å². The Hall–Kier alpha value is -2.17. The lowest BCUT2D eigenvalue weighted by atomic mass is 10.1. The van der Waals surface area contributed by atoms with Gasteiger partial charge in [-0.05, 0) is 29.5 Å². The third-order valence-corrected chi connectivity index (χ3v) is 1.90. The van der Waals surface area contributed by atoms with Crippen LogP contribution in [-0.2, 0) is 4.79 Å². The topological polar surface area (TPSA) is 78.8 Å². The second kappa shape index (κ2) is 5.06. The Balaban J connectivity index is 3.16. The molecule has 0 atom stereocenters. The van der Waals surface area contributed by atoms with Crippen LogP contribution in [0.1, 0.15) is 5.56 Å². The van der Waals surface area contributed by atoms with Crippen LogP contribution >= 0.6 is 0 Å². The highest BCUT2D eigenvalue weighted by Crippen LogP contribution is 2.34. The lowest BCUT2D eigenvalue weighted by Gasteiger charge is -2.17. The van der Waals surface area contributed by atoms with Crippen LogP contribution in [0.2, 0.25) is 0 Å². The molecule has 1 aromatic carbocycles. The number of carboxylic acids is 1. The van der Waals surface area contributed by atoms with Crippen molar-refractivity contribution in [2.75, 3.05) is 14.2 Å². The van der Waals surface area contributed by atoms with Crippen LogP contribution in [0.5, 0.6) is 17.2 Å². The van der Waals surface area contributed by atoms with E-state index < -0.39 is 5.97 Å². The van der Waals surface area contributed by atoms with Crippen molar-refractivity contribution >= 4 is 12.0 Å². The standard InChI is InChI=1S/C11H12O5/c1-15-8-5-7(3-4-10(12)13)6-9(16-2)11(8)14/h3-6,14H,1-2H3,(H,12,13)/p-1. The number of hydrogen-bond donors (Lipinski definition) is 1. The first kappa shape index (κ1) is 11.9. The zero-order valence-corrected chi connectivity index (χ0v) is 8.89. The third kappa shape index (κ3) is 2.66. The summed E-state index contributed by atoms with van der Waals surface area (Å²) in [6.07, 6.45) is 2.32. The van der Waals surface area contributed by atoms with Crippen molar-refractivity contribution in [3.05, 3.63) is 23.8 Å². The number of hydrogen-bond acceptors (Lipinski definition) is 4. The Bertz CT molecular complexity index is 397. The molecule has 0 unspecified atom stereocenters. The van der Waals surface area contributed by atoms with Gasteiger partial charge in [-0.3, -0.25) is 0 Å². The summed E-state index contributed by atoms with van der Waals surface area (Å²) in [4.78, 5) is 10.3. The first-order chi connectivity index (χ1) is 7.58. The maximum absolute atomic E-state index is 11.5. The summed E-state index contributed by atoms with van der Waals surface area (Å²) in [6, 6.07) is 2.90. The van der Waals surface area contributed by atoms with Crippen LogP contribution in [0.25, 0.3) is 6.08 Å². The van der Waals surface area contributed by atoms with Gasteiger partial charge in [0.25, 0.3) is 0 Å². The molecule has 0 saturated carbocycles. The van der Waals surface area contributed by atoms with Crippen LogP contribution in [0.4, 0.5) is 0 Å². The number of carboxylic acid groups (broad SMARTS) is 1. The van der Waals surface area contributed by atoms with Gasteiger partial charge in [0.2, 0.25) is 0 Å². The second-order valence-corrected chi connectivity index (χ2v) is 2.93. The fourth-order valence-corrected chi connectivity index (χ4v) is 1.16. The number of aliphatic carboxylic acids is 1. The van der Waals surface area contributed by atoms with Gasteiger partial charge in [0.15, 0.2) is 0 Å². The molecular weight excluding hydrogens is 212 g/mol. The molecule has 0 amide bonds. The number of carbonyl (C=O) groups is 1. The van der Waals surface area contributed by atoms with E-state index in [2.05, 4.69) is 0 Å². The smallest absolute Gasteiger partial charge is 0.328 e. The van der Waals surface area contributed by atoms with Crippen LogP contribution in [0.3, 0.4) is 0 Å². The summed E-state index contributed by atoms with van der Waals surface area (Å²) in [5.41, 5.74) is 0.524. The molecule has 5 heteroatoms. The SMILES string of the molecule is COc1cc(C=CC(=O)O)cc(OC)c1[O-]. The molecule has 0 heterocycles. The van der Waals surface area contributed by atoms with Gasteiger partial charge in [-0.25, -0.2) is 4.79 Å². The lowest BCUT2D eigenvalue weighted by molar-refractivity contribution is -0.271. The summed E-state index contributed by atoms with van der Waals surface area (Å²) in [5, 5.41) is 20.0. The van der Waals surface area contributed by atoms with Gasteiger partial charge in [0.05, 0.1) is 14.2 Å². The Morgan fingerprint density at radius 1 is 1.31 bits per heavy atom. The first-order valence-corrected chi connectivity index (χ1v) is 4.42. The van der Waals surface area contributed by atoms with E-state index in [9.17, 15) is 9.90 Å². The van der Waals surface area contributed by atoms with Crippen molar-refractivity contribution in [2.24, 2.45) is 0 Å². The zero-order valence-electron chi connectivity index (χ0n) is 8.89. The monoisotopic (exact) mass is 223 g/mol. The molecule has 0 bridgehead atoms. The van der Waals surface area contributed by atoms with Gasteiger partial charge in [0, 0.05) is 6.08 Å². The molecule has 0 spiro atoms. The average molecular weight is 223 g/mol. The summed E-state index contributed by atoms with van der Waals surface area (Å²) >= 11 is 0. The van der Waals surface area contributed by atoms with E-state index in [1.165, 1.54) is 32.4 Å². The van der Waals surface area contributed by atoms with Crippen LogP contribution in [0.15, 0.2) is 18.2 Å². The largest absolute Gasteiger partial charge is 0.867 e. The second-order valence-electron chi connectivity index (χ2n) is 2.93. The van der Waals surface area contributed by atoms with Crippen LogP contribution < -0.4 is 14.6 Å². The van der Waals surface area contributed by atoms with E-state index in [4.69, 9.17) is 14.6 Å². The van der Waals surface area contributed by atoms with Crippen LogP contribution in [-0.4, -0.2) is 25.3 Å². The molecule has 5 nitrogen and oxygen atoms in total. The summed E-state index contributed by atoms with van der Waals surface area (Å²) < 4.78 is 9.72. The van der Waals surface area contributed by atoms with E-state index in [0.717, 1.165) is 6.08 Å². The minimum absolute atomic E-state index is 0.115. The van der Waals surface area contributed by atoms with Crippen molar-refractivity contribution in [3.63, 3.8) is 0 Å². The molecule has 0 fully saturated rings. The molecule has 16 heavy (non-hydrogen) atoms. The molecule has 1 aromatic rings. The molecule has 1 N–H and O–H groups in total. The molecule has 0 aromatic heterocycles. The van der Waals surface area contributed by atoms with Crippen molar-refractivity contribution in [3.8, 4) is 17.2 Å². The van der Waals surface area contributed by atoms with Gasteiger partial charge >= 0.3 is 5.97 Å². The number of benzene rings is 1. The number of ether oxygens (including phenoxy) is 2. The van der Waals surface area contributed by atoms with E-state index in [1.54, 1.807) is 0 Å². The van der Waals surface area contributed by atoms with E-state index in [0.29, 0.717) is 5.56 Å². The van der Waals surface area contributed by atoms with Gasteiger partial charge in [-0.2, -0.15) is 0 Å². The van der Waals surface area contributed by atoms with Gasteiger partial charge < -0.3 is 19.7 Å². The Labute approximate surface area is 92.5 Å². The van der Waals surface area contributed by atoms with E-state index >= 15 is 0 Å². The zero-order chi connectivity index (χ0) is 12.1. The van der Waals surface area contributed by atoms with Crippen LogP contribution in [0, 0.1) is 0 Å². The lowest BCUT2D eigenvalue weighted by Crippen LogP contribution is -1.99. The summed E-state index contributed by atoms with van der Waals surface area (Å²) in [6.45, 7) is 0. The Morgan fingerprint density at radius 3 is 2.19 bits per heavy atom. The highest BCUT2D eigenvalue weighted by atomic mass is 16.5. The average Bonchev–Trinajstić information content (AvgIpc) is 2.27. The summed E-state index contributed by atoms with van der Waals surface area (Å²) in [5.74, 6) is -1.20. The van der Waals surface area contributed by atoms with Gasteiger partial charge in [0.1, 0.15) is 11.5 Å². The van der Waals surface area contributed by atoms with Crippen molar-refractivity contribution < 1.29 is 24.5 Å². The highest BCUT2D eigenvalue weighted by molar-refractivity contribution is 5.85. The van der Waals surface area contributed by atoms with Crippen molar-refractivity contribution in [1.29, 1.82) is 0 Å². The van der Waals surface area contributed by atoms with E-state index in [1.807, 2.05) is 0 Å². The fourth-order valence-electron chi connectivity index (χ4n) is 1.16. The molecule has 0 radical (unpaired) electrons. The molecule has 0 saturated heterocycles. The molecule has 0 aliphatic rings. The maximum Gasteiger partial charge on any atom is 0.328 e. The van der Waals surface area contributed by atoms with Gasteiger partial charge in [-0.15, -0.1) is 0 Å². The molecule has 86 valence electrons. The highest BCUT2D eigenvalue weighted by Gasteiger charge is 2.03. The quantitative estimate of drug-likeness (QED) is 0.766. The normalized spacial score (nSPS) is 10.4. The number of methoxy groups -OCH3 is 2. The molecule has 1 rings (SSSR count). The minimum Gasteiger partial charge on any atom is -0.867 e. The predicted octanol–water partition coefficient (Wildman–Crippen LogP) is 0.875. The number of rotatable bonds is 4. The summed E-state index contributed by atoms with van der Waals surface area (Å²) in [7, 11) is 2.72. The molecule has 0 aliphatic carbocycles. The first-order valence-electron chi connectivity index (χ1n) is 4.42. The van der Waals surface area contributed by atoms with Crippen molar-refractivity contribution in [2.45, 2.75) is 0 Å². The predicted molar refractivity (Wildman–Crippen MR) is 55.7 cm³/mol. The fraction of sp³-hybridized carbons (Fsp3) is 0.182. The third-order valence-electron chi connectivity index (χ3n) is 1.90. The van der Waals surface area contributed by atoms with Gasteiger partial charge in [-0.1, -0.05) is 0 Å². The molecular formula is C11H11O5-. The maximum atomic E-state index is 11.5. The molecule has 0 aliphatic heterocycles.